The first-order valence-electron chi connectivity index (χ1n) is 7.37. The maximum absolute atomic E-state index is 12.2. The molecule has 1 fully saturated rings. The molecule has 0 saturated carbocycles. The molecule has 1 aliphatic rings. The monoisotopic (exact) mass is 323 g/mol. The molecule has 0 radical (unpaired) electrons. The van der Waals surface area contributed by atoms with Crippen molar-refractivity contribution in [1.29, 1.82) is 0 Å². The number of benzene rings is 1. The minimum Gasteiger partial charge on any atom is -0.497 e. The van der Waals surface area contributed by atoms with Gasteiger partial charge in [0.1, 0.15) is 5.75 Å². The molecule has 0 aliphatic carbocycles. The van der Waals surface area contributed by atoms with Gasteiger partial charge in [-0.25, -0.2) is 0 Å². The molecule has 0 spiro atoms. The topological polar surface area (TPSA) is 66.8 Å². The first kappa shape index (κ1) is 16.7. The van der Waals surface area contributed by atoms with Gasteiger partial charge < -0.3 is 14.7 Å². The summed E-state index contributed by atoms with van der Waals surface area (Å²) in [4.78, 5) is 26.0. The highest BCUT2D eigenvalue weighted by molar-refractivity contribution is 7.99. The number of thioether (sulfide) groups is 1. The number of piperidine rings is 1. The lowest BCUT2D eigenvalue weighted by Gasteiger charge is -2.30. The summed E-state index contributed by atoms with van der Waals surface area (Å²) in [6.45, 7) is 1.02. The summed E-state index contributed by atoms with van der Waals surface area (Å²) in [6, 6.07) is 7.73. The van der Waals surface area contributed by atoms with Crippen molar-refractivity contribution >= 4 is 23.6 Å². The second kappa shape index (κ2) is 8.08. The zero-order valence-electron chi connectivity index (χ0n) is 12.7. The molecule has 1 aromatic carbocycles. The van der Waals surface area contributed by atoms with Crippen molar-refractivity contribution in [2.45, 2.75) is 24.2 Å². The number of carboxylic acids is 1. The van der Waals surface area contributed by atoms with Gasteiger partial charge in [0, 0.05) is 30.2 Å². The molecule has 1 N–H and O–H groups in total. The van der Waals surface area contributed by atoms with Crippen molar-refractivity contribution in [3.63, 3.8) is 0 Å². The number of amides is 1. The Balaban J connectivity index is 1.76. The van der Waals surface area contributed by atoms with E-state index >= 15 is 0 Å². The number of carboxylic acid groups (broad SMARTS) is 1. The first-order valence-corrected chi connectivity index (χ1v) is 8.36. The van der Waals surface area contributed by atoms with Gasteiger partial charge in [0.05, 0.1) is 13.0 Å². The number of hydrogen-bond acceptors (Lipinski definition) is 4. The van der Waals surface area contributed by atoms with Crippen molar-refractivity contribution < 1.29 is 19.4 Å². The van der Waals surface area contributed by atoms with Crippen LogP contribution in [0.4, 0.5) is 0 Å². The third-order valence-electron chi connectivity index (χ3n) is 3.77. The first-order chi connectivity index (χ1) is 10.6. The Labute approximate surface area is 134 Å². The van der Waals surface area contributed by atoms with Crippen LogP contribution in [0.5, 0.6) is 5.75 Å². The van der Waals surface area contributed by atoms with E-state index in [1.807, 2.05) is 24.3 Å². The van der Waals surface area contributed by atoms with Gasteiger partial charge in [-0.05, 0) is 37.1 Å². The third kappa shape index (κ3) is 4.66. The van der Waals surface area contributed by atoms with Crippen molar-refractivity contribution in [3.05, 3.63) is 24.3 Å². The van der Waals surface area contributed by atoms with E-state index < -0.39 is 11.9 Å². The van der Waals surface area contributed by atoms with Gasteiger partial charge >= 0.3 is 5.97 Å². The van der Waals surface area contributed by atoms with Crippen LogP contribution in [0.3, 0.4) is 0 Å². The van der Waals surface area contributed by atoms with Gasteiger partial charge in [-0.2, -0.15) is 0 Å². The summed E-state index contributed by atoms with van der Waals surface area (Å²) in [7, 11) is 1.63. The fourth-order valence-corrected chi connectivity index (χ4v) is 3.33. The number of aliphatic carboxylic acids is 1. The highest BCUT2D eigenvalue weighted by Crippen LogP contribution is 2.23. The fourth-order valence-electron chi connectivity index (χ4n) is 2.49. The molecule has 1 amide bonds. The Bertz CT molecular complexity index is 517. The van der Waals surface area contributed by atoms with Crippen LogP contribution in [0.2, 0.25) is 0 Å². The van der Waals surface area contributed by atoms with E-state index in [0.717, 1.165) is 17.1 Å². The molecule has 0 aromatic heterocycles. The number of methoxy groups -OCH3 is 1. The number of ether oxygens (including phenoxy) is 1. The second-order valence-electron chi connectivity index (χ2n) is 5.29. The number of hydrogen-bond donors (Lipinski definition) is 1. The molecular formula is C16H21NO4S. The van der Waals surface area contributed by atoms with Crippen molar-refractivity contribution in [1.82, 2.24) is 4.90 Å². The predicted molar refractivity (Wildman–Crippen MR) is 85.3 cm³/mol. The molecular weight excluding hydrogens is 302 g/mol. The standard InChI is InChI=1S/C16H21NO4S/c1-21-13-4-6-14(7-5-13)22-10-8-15(18)17-9-2-3-12(11-17)16(19)20/h4-7,12H,2-3,8-11H2,1H3,(H,19,20). The second-order valence-corrected chi connectivity index (χ2v) is 6.46. The van der Waals surface area contributed by atoms with E-state index in [9.17, 15) is 9.59 Å². The van der Waals surface area contributed by atoms with Crippen LogP contribution in [0.15, 0.2) is 29.2 Å². The van der Waals surface area contributed by atoms with Crippen LogP contribution in [0, 0.1) is 5.92 Å². The van der Waals surface area contributed by atoms with Crippen LogP contribution in [0.25, 0.3) is 0 Å². The van der Waals surface area contributed by atoms with Gasteiger partial charge in [0.2, 0.25) is 5.91 Å². The summed E-state index contributed by atoms with van der Waals surface area (Å²) >= 11 is 1.62. The summed E-state index contributed by atoms with van der Waals surface area (Å²) in [5.41, 5.74) is 0. The summed E-state index contributed by atoms with van der Waals surface area (Å²) in [6.07, 6.45) is 1.87. The Morgan fingerprint density at radius 1 is 1.36 bits per heavy atom. The Hall–Kier alpha value is -1.69. The summed E-state index contributed by atoms with van der Waals surface area (Å²) in [5, 5.41) is 9.05. The van der Waals surface area contributed by atoms with E-state index in [2.05, 4.69) is 0 Å². The minimum absolute atomic E-state index is 0.0481. The number of carbonyl (C=O) groups excluding carboxylic acids is 1. The SMILES string of the molecule is COc1ccc(SCCC(=O)N2CCCC(C(=O)O)C2)cc1. The van der Waals surface area contributed by atoms with Crippen LogP contribution < -0.4 is 4.74 Å². The number of nitrogens with zero attached hydrogens (tertiary/aromatic N) is 1. The highest BCUT2D eigenvalue weighted by Gasteiger charge is 2.27. The Morgan fingerprint density at radius 3 is 2.73 bits per heavy atom. The normalized spacial score (nSPS) is 18.0. The van der Waals surface area contributed by atoms with Crippen LogP contribution in [0.1, 0.15) is 19.3 Å². The lowest BCUT2D eigenvalue weighted by atomic mass is 9.98. The van der Waals surface area contributed by atoms with Gasteiger partial charge in [-0.1, -0.05) is 0 Å². The smallest absolute Gasteiger partial charge is 0.308 e. The van der Waals surface area contributed by atoms with E-state index in [1.54, 1.807) is 23.8 Å². The summed E-state index contributed by atoms with van der Waals surface area (Å²) in [5.74, 6) is 0.344. The zero-order valence-corrected chi connectivity index (χ0v) is 13.5. The van der Waals surface area contributed by atoms with E-state index in [4.69, 9.17) is 9.84 Å². The fraction of sp³-hybridized carbons (Fsp3) is 0.500. The molecule has 1 atom stereocenters. The Kier molecular flexibility index (Phi) is 6.12. The minimum atomic E-state index is -0.801. The van der Waals surface area contributed by atoms with Crippen LogP contribution >= 0.6 is 11.8 Å². The molecule has 1 saturated heterocycles. The molecule has 5 nitrogen and oxygen atoms in total. The molecule has 0 bridgehead atoms. The van der Waals surface area contributed by atoms with Crippen molar-refractivity contribution in [2.75, 3.05) is 26.0 Å². The largest absolute Gasteiger partial charge is 0.497 e. The molecule has 1 aliphatic heterocycles. The molecule has 22 heavy (non-hydrogen) atoms. The van der Waals surface area contributed by atoms with Crippen molar-refractivity contribution in [3.8, 4) is 5.75 Å². The average Bonchev–Trinajstić information content (AvgIpc) is 2.55. The van der Waals surface area contributed by atoms with Gasteiger partial charge in [0.15, 0.2) is 0 Å². The third-order valence-corrected chi connectivity index (χ3v) is 4.78. The predicted octanol–water partition coefficient (Wildman–Crippen LogP) is 2.50. The van der Waals surface area contributed by atoms with Gasteiger partial charge in [-0.15, -0.1) is 11.8 Å². The van der Waals surface area contributed by atoms with Gasteiger partial charge in [0.25, 0.3) is 0 Å². The van der Waals surface area contributed by atoms with E-state index in [-0.39, 0.29) is 5.91 Å². The van der Waals surface area contributed by atoms with Crippen molar-refractivity contribution in [2.24, 2.45) is 5.92 Å². The number of likely N-dealkylation sites (tertiary alicyclic amines) is 1. The molecule has 6 heteroatoms. The highest BCUT2D eigenvalue weighted by atomic mass is 32.2. The maximum atomic E-state index is 12.2. The lowest BCUT2D eigenvalue weighted by molar-refractivity contribution is -0.145. The maximum Gasteiger partial charge on any atom is 0.308 e. The summed E-state index contributed by atoms with van der Waals surface area (Å²) < 4.78 is 5.10. The molecule has 120 valence electrons. The Morgan fingerprint density at radius 2 is 2.09 bits per heavy atom. The quantitative estimate of drug-likeness (QED) is 0.815. The average molecular weight is 323 g/mol. The van der Waals surface area contributed by atoms with Gasteiger partial charge in [-0.3, -0.25) is 9.59 Å². The number of carbonyl (C=O) groups is 2. The van der Waals surface area contributed by atoms with Crippen LogP contribution in [-0.2, 0) is 9.59 Å². The van der Waals surface area contributed by atoms with Crippen LogP contribution in [-0.4, -0.2) is 47.8 Å². The van der Waals surface area contributed by atoms with E-state index in [0.29, 0.717) is 31.7 Å². The molecule has 2 rings (SSSR count). The molecule has 1 heterocycles. The zero-order chi connectivity index (χ0) is 15.9. The molecule has 1 aromatic rings. The van der Waals surface area contributed by atoms with E-state index in [1.165, 1.54) is 0 Å². The number of rotatable bonds is 6. The molecule has 1 unspecified atom stereocenters. The lowest BCUT2D eigenvalue weighted by Crippen LogP contribution is -2.42.